The highest BCUT2D eigenvalue weighted by atomic mass is 32.2. The molecule has 152 valence electrons. The van der Waals surface area contributed by atoms with Crippen molar-refractivity contribution in [3.05, 3.63) is 64.6 Å². The summed E-state index contributed by atoms with van der Waals surface area (Å²) in [6.45, 7) is 4.68. The third kappa shape index (κ3) is 5.95. The van der Waals surface area contributed by atoms with Crippen molar-refractivity contribution >= 4 is 35.3 Å². The first-order valence-electron chi connectivity index (χ1n) is 9.93. The van der Waals surface area contributed by atoms with Crippen LogP contribution in [0.5, 0.6) is 0 Å². The van der Waals surface area contributed by atoms with Crippen LogP contribution in [-0.4, -0.2) is 43.4 Å². The van der Waals surface area contributed by atoms with E-state index in [-0.39, 0.29) is 11.8 Å². The molecule has 0 saturated carbocycles. The van der Waals surface area contributed by atoms with Gasteiger partial charge in [0.25, 0.3) is 11.8 Å². The van der Waals surface area contributed by atoms with Gasteiger partial charge in [-0.15, -0.1) is 0 Å². The van der Waals surface area contributed by atoms with Crippen LogP contribution in [-0.2, 0) is 4.79 Å². The van der Waals surface area contributed by atoms with Gasteiger partial charge in [0, 0.05) is 23.5 Å². The van der Waals surface area contributed by atoms with Crippen LogP contribution < -0.4 is 10.6 Å². The van der Waals surface area contributed by atoms with Gasteiger partial charge in [-0.1, -0.05) is 49.4 Å². The first kappa shape index (κ1) is 21.1. The summed E-state index contributed by atoms with van der Waals surface area (Å²) in [5, 5.41) is 5.87. The minimum atomic E-state index is -0.109. The monoisotopic (exact) mass is 409 g/mol. The lowest BCUT2D eigenvalue weighted by Crippen LogP contribution is -2.33. The molecule has 0 radical (unpaired) electrons. The molecule has 2 amide bonds. The molecular weight excluding hydrogens is 382 g/mol. The molecule has 1 aliphatic rings. The summed E-state index contributed by atoms with van der Waals surface area (Å²) >= 11 is 1.45. The maximum Gasteiger partial charge on any atom is 0.262 e. The zero-order valence-electron chi connectivity index (χ0n) is 16.9. The molecule has 29 heavy (non-hydrogen) atoms. The van der Waals surface area contributed by atoms with E-state index in [1.807, 2.05) is 42.5 Å². The highest BCUT2D eigenvalue weighted by Crippen LogP contribution is 2.38. The number of unbranched alkanes of at least 4 members (excludes halogenated alkanes) is 1. The largest absolute Gasteiger partial charge is 0.351 e. The summed E-state index contributed by atoms with van der Waals surface area (Å²) in [5.74, 6) is -0.186. The van der Waals surface area contributed by atoms with E-state index in [9.17, 15) is 9.59 Å². The van der Waals surface area contributed by atoms with Gasteiger partial charge in [0.15, 0.2) is 0 Å². The number of anilines is 1. The number of likely N-dealkylation sites (N-methyl/N-ethyl adjacent to an activating group) is 1. The summed E-state index contributed by atoms with van der Waals surface area (Å²) in [4.78, 5) is 28.5. The van der Waals surface area contributed by atoms with Crippen molar-refractivity contribution in [3.63, 3.8) is 0 Å². The van der Waals surface area contributed by atoms with Gasteiger partial charge in [0.2, 0.25) is 0 Å². The van der Waals surface area contributed by atoms with Crippen LogP contribution in [0.15, 0.2) is 58.3 Å². The number of carbonyl (C=O) groups excluding carboxylic acids is 2. The third-order valence-electron chi connectivity index (χ3n) is 4.72. The fraction of sp³-hybridized carbons (Fsp3) is 0.304. The molecule has 2 N–H and O–H groups in total. The fourth-order valence-electron chi connectivity index (χ4n) is 2.99. The van der Waals surface area contributed by atoms with Gasteiger partial charge in [-0.3, -0.25) is 9.59 Å². The highest BCUT2D eigenvalue weighted by Gasteiger charge is 2.20. The Hall–Kier alpha value is -2.57. The average molecular weight is 410 g/mol. The van der Waals surface area contributed by atoms with Crippen LogP contribution >= 0.6 is 11.8 Å². The van der Waals surface area contributed by atoms with E-state index in [1.54, 1.807) is 12.1 Å². The molecule has 0 aliphatic carbocycles. The second-order valence-corrected chi connectivity index (χ2v) is 8.18. The van der Waals surface area contributed by atoms with Crippen LogP contribution in [0.4, 0.5) is 5.69 Å². The summed E-state index contributed by atoms with van der Waals surface area (Å²) in [6.07, 6.45) is 4.19. The smallest absolute Gasteiger partial charge is 0.262 e. The molecule has 0 unspecified atom stereocenters. The zero-order valence-corrected chi connectivity index (χ0v) is 17.7. The Labute approximate surface area is 176 Å². The first-order valence-corrected chi connectivity index (χ1v) is 10.7. The fourth-order valence-corrected chi connectivity index (χ4v) is 3.94. The number of amides is 2. The molecule has 6 heteroatoms. The van der Waals surface area contributed by atoms with Crippen molar-refractivity contribution in [2.24, 2.45) is 0 Å². The Kier molecular flexibility index (Phi) is 7.49. The SMILES string of the molecule is CCCCN(C)CCNC(=O)c1ccc(C=C2Sc3ccccc3NC2=O)cc1. The Bertz CT molecular complexity index is 893. The van der Waals surface area contributed by atoms with Gasteiger partial charge >= 0.3 is 0 Å². The number of benzene rings is 2. The quantitative estimate of drug-likeness (QED) is 0.641. The molecule has 0 bridgehead atoms. The predicted molar refractivity (Wildman–Crippen MR) is 120 cm³/mol. The third-order valence-corrected chi connectivity index (χ3v) is 5.82. The molecule has 5 nitrogen and oxygen atoms in total. The number of nitrogens with zero attached hydrogens (tertiary/aromatic N) is 1. The van der Waals surface area contributed by atoms with Crippen molar-refractivity contribution < 1.29 is 9.59 Å². The molecule has 0 fully saturated rings. The molecule has 2 aromatic carbocycles. The van der Waals surface area contributed by atoms with E-state index >= 15 is 0 Å². The lowest BCUT2D eigenvalue weighted by atomic mass is 10.1. The van der Waals surface area contributed by atoms with Crippen LogP contribution in [0.3, 0.4) is 0 Å². The summed E-state index contributed by atoms with van der Waals surface area (Å²) < 4.78 is 0. The van der Waals surface area contributed by atoms with E-state index < -0.39 is 0 Å². The Balaban J connectivity index is 1.57. The Morgan fingerprint density at radius 3 is 2.66 bits per heavy atom. The molecule has 0 spiro atoms. The van der Waals surface area contributed by atoms with Gasteiger partial charge in [-0.05, 0) is 55.9 Å². The van der Waals surface area contributed by atoms with Gasteiger partial charge < -0.3 is 15.5 Å². The van der Waals surface area contributed by atoms with E-state index in [0.717, 1.165) is 29.2 Å². The molecule has 0 aromatic heterocycles. The summed E-state index contributed by atoms with van der Waals surface area (Å²) in [7, 11) is 2.07. The van der Waals surface area contributed by atoms with E-state index in [0.29, 0.717) is 17.0 Å². The number of fused-ring (bicyclic) bond motifs is 1. The average Bonchev–Trinajstić information content (AvgIpc) is 2.73. The number of para-hydroxylation sites is 1. The van der Waals surface area contributed by atoms with E-state index in [4.69, 9.17) is 0 Å². The number of nitrogens with one attached hydrogen (secondary N) is 2. The van der Waals surface area contributed by atoms with Crippen LogP contribution in [0, 0.1) is 0 Å². The number of carbonyl (C=O) groups is 2. The van der Waals surface area contributed by atoms with Gasteiger partial charge in [-0.2, -0.15) is 0 Å². The first-order chi connectivity index (χ1) is 14.1. The molecule has 3 rings (SSSR count). The van der Waals surface area contributed by atoms with Crippen molar-refractivity contribution in [1.82, 2.24) is 10.2 Å². The van der Waals surface area contributed by atoms with E-state index in [2.05, 4.69) is 29.5 Å². The second-order valence-electron chi connectivity index (χ2n) is 7.10. The number of hydrogen-bond acceptors (Lipinski definition) is 4. The summed E-state index contributed by atoms with van der Waals surface area (Å²) in [6, 6.07) is 15.1. The predicted octanol–water partition coefficient (Wildman–Crippen LogP) is 4.23. The molecular formula is C23H27N3O2S. The van der Waals surface area contributed by atoms with Crippen molar-refractivity contribution in [2.45, 2.75) is 24.7 Å². The Morgan fingerprint density at radius 2 is 1.90 bits per heavy atom. The molecule has 1 heterocycles. The standard InChI is InChI=1S/C23H27N3O2S/c1-3-4-14-26(2)15-13-24-22(27)18-11-9-17(10-12-18)16-21-23(28)25-19-7-5-6-8-20(19)29-21/h5-12,16H,3-4,13-15H2,1-2H3,(H,24,27)(H,25,28). The topological polar surface area (TPSA) is 61.4 Å². The maximum absolute atomic E-state index is 12.3. The minimum absolute atomic E-state index is 0.0770. The molecule has 0 saturated heterocycles. The minimum Gasteiger partial charge on any atom is -0.351 e. The zero-order chi connectivity index (χ0) is 20.6. The normalized spacial score (nSPS) is 14.6. The lowest BCUT2D eigenvalue weighted by Gasteiger charge is -2.18. The van der Waals surface area contributed by atoms with Crippen LogP contribution in [0.25, 0.3) is 6.08 Å². The summed E-state index contributed by atoms with van der Waals surface area (Å²) in [5.41, 5.74) is 2.35. The Morgan fingerprint density at radius 1 is 1.14 bits per heavy atom. The van der Waals surface area contributed by atoms with Crippen LogP contribution in [0.1, 0.15) is 35.7 Å². The van der Waals surface area contributed by atoms with Gasteiger partial charge in [0.05, 0.1) is 10.6 Å². The second kappa shape index (κ2) is 10.3. The number of hydrogen-bond donors (Lipinski definition) is 2. The van der Waals surface area contributed by atoms with Crippen molar-refractivity contribution in [3.8, 4) is 0 Å². The number of rotatable bonds is 8. The van der Waals surface area contributed by atoms with Gasteiger partial charge in [-0.25, -0.2) is 0 Å². The van der Waals surface area contributed by atoms with Gasteiger partial charge in [0.1, 0.15) is 0 Å². The molecule has 1 aliphatic heterocycles. The van der Waals surface area contributed by atoms with Crippen molar-refractivity contribution in [1.29, 1.82) is 0 Å². The number of thioether (sulfide) groups is 1. The van der Waals surface area contributed by atoms with E-state index in [1.165, 1.54) is 24.6 Å². The van der Waals surface area contributed by atoms with Crippen molar-refractivity contribution in [2.75, 3.05) is 32.0 Å². The highest BCUT2D eigenvalue weighted by molar-refractivity contribution is 8.04. The van der Waals surface area contributed by atoms with Crippen LogP contribution in [0.2, 0.25) is 0 Å². The lowest BCUT2D eigenvalue weighted by molar-refractivity contribution is -0.112. The maximum atomic E-state index is 12.3. The molecule has 0 atom stereocenters. The molecule has 2 aromatic rings.